The summed E-state index contributed by atoms with van der Waals surface area (Å²) in [5.74, 6) is 0.818. The molecule has 28 heavy (non-hydrogen) atoms. The fourth-order valence-corrected chi connectivity index (χ4v) is 5.24. The molecule has 1 fully saturated rings. The average Bonchev–Trinajstić information content (AvgIpc) is 3.35. The van der Waals surface area contributed by atoms with Crippen LogP contribution in [0.5, 0.6) is 0 Å². The third-order valence-electron chi connectivity index (χ3n) is 5.58. The molecule has 0 bridgehead atoms. The highest BCUT2D eigenvalue weighted by Crippen LogP contribution is 2.45. The number of hydrogen-bond donors (Lipinski definition) is 1. The van der Waals surface area contributed by atoms with Gasteiger partial charge >= 0.3 is 0 Å². The lowest BCUT2D eigenvalue weighted by Crippen LogP contribution is -2.60. The Kier molecular flexibility index (Phi) is 3.88. The van der Waals surface area contributed by atoms with Crippen molar-refractivity contribution >= 4 is 17.2 Å². The van der Waals surface area contributed by atoms with Gasteiger partial charge in [-0.05, 0) is 19.9 Å². The van der Waals surface area contributed by atoms with Crippen molar-refractivity contribution in [2.75, 3.05) is 13.1 Å². The van der Waals surface area contributed by atoms with Crippen LogP contribution in [-0.2, 0) is 19.1 Å². The van der Waals surface area contributed by atoms with E-state index in [1.807, 2.05) is 32.3 Å². The summed E-state index contributed by atoms with van der Waals surface area (Å²) >= 11 is 1.65. The van der Waals surface area contributed by atoms with Gasteiger partial charge < -0.3 is 9.88 Å². The molecule has 5 heterocycles. The molecule has 1 unspecified atom stereocenters. The number of rotatable bonds is 4. The fraction of sp³-hybridized carbons (Fsp3) is 0.500. The molecule has 3 aromatic heterocycles. The lowest BCUT2D eigenvalue weighted by molar-refractivity contribution is 0.00734. The molecule has 1 atom stereocenters. The molecule has 2 aliphatic rings. The standard InChI is InChI=1S/C18H22N8OS/c1-11-6-14(24(3)23-11)17(27)20-13-7-18(26-5-4-19-16(13)26)9-25(10-18)8-15-22-21-12(2)28-15/h4-6,13H,7-10H2,1-3H3,(H,20,27). The number of carbonyl (C=O) groups is 1. The second-order valence-electron chi connectivity index (χ2n) is 7.76. The summed E-state index contributed by atoms with van der Waals surface area (Å²) in [5.41, 5.74) is 1.39. The van der Waals surface area contributed by atoms with E-state index in [0.717, 1.165) is 47.6 Å². The maximum atomic E-state index is 12.8. The Morgan fingerprint density at radius 1 is 1.36 bits per heavy atom. The van der Waals surface area contributed by atoms with Gasteiger partial charge in [-0.2, -0.15) is 5.10 Å². The van der Waals surface area contributed by atoms with Gasteiger partial charge in [0.15, 0.2) is 0 Å². The Bertz CT molecular complexity index is 1040. The van der Waals surface area contributed by atoms with Gasteiger partial charge in [-0.25, -0.2) is 4.98 Å². The predicted octanol–water partition coefficient (Wildman–Crippen LogP) is 1.17. The minimum absolute atomic E-state index is 0.00805. The van der Waals surface area contributed by atoms with Crippen molar-refractivity contribution in [2.24, 2.45) is 7.05 Å². The molecule has 1 spiro atoms. The number of nitrogens with one attached hydrogen (secondary N) is 1. The Labute approximate surface area is 166 Å². The molecule has 0 radical (unpaired) electrons. The average molecular weight is 398 g/mol. The lowest BCUT2D eigenvalue weighted by atomic mass is 9.86. The van der Waals surface area contributed by atoms with E-state index >= 15 is 0 Å². The molecule has 1 saturated heterocycles. The summed E-state index contributed by atoms with van der Waals surface area (Å²) in [6, 6.07) is 1.71. The summed E-state index contributed by atoms with van der Waals surface area (Å²) in [6.45, 7) is 6.53. The maximum absolute atomic E-state index is 12.8. The molecule has 146 valence electrons. The zero-order valence-electron chi connectivity index (χ0n) is 16.1. The number of imidazole rings is 1. The minimum Gasteiger partial charge on any atom is -0.341 e. The van der Waals surface area contributed by atoms with Crippen LogP contribution in [0.1, 0.15) is 44.5 Å². The minimum atomic E-state index is -0.111. The smallest absolute Gasteiger partial charge is 0.270 e. The van der Waals surface area contributed by atoms with Gasteiger partial charge in [0.05, 0.1) is 23.8 Å². The van der Waals surface area contributed by atoms with Crippen LogP contribution in [0.2, 0.25) is 0 Å². The molecule has 1 amide bonds. The highest BCUT2D eigenvalue weighted by Gasteiger charge is 2.52. The Morgan fingerprint density at radius 2 is 2.18 bits per heavy atom. The number of carbonyl (C=O) groups excluding carboxylic acids is 1. The molecule has 0 aromatic carbocycles. The fourth-order valence-electron chi connectivity index (χ4n) is 4.49. The van der Waals surface area contributed by atoms with E-state index in [4.69, 9.17) is 0 Å². The number of aryl methyl sites for hydroxylation is 3. The molecule has 9 nitrogen and oxygen atoms in total. The van der Waals surface area contributed by atoms with Gasteiger partial charge in [-0.3, -0.25) is 14.4 Å². The van der Waals surface area contributed by atoms with Crippen LogP contribution >= 0.6 is 11.3 Å². The molecule has 0 saturated carbocycles. The first kappa shape index (κ1) is 17.5. The predicted molar refractivity (Wildman–Crippen MR) is 103 cm³/mol. The third kappa shape index (κ3) is 2.75. The van der Waals surface area contributed by atoms with E-state index in [1.165, 1.54) is 0 Å². The van der Waals surface area contributed by atoms with E-state index in [9.17, 15) is 4.79 Å². The van der Waals surface area contributed by atoms with Crippen molar-refractivity contribution in [1.29, 1.82) is 0 Å². The number of amides is 1. The second kappa shape index (κ2) is 6.21. The van der Waals surface area contributed by atoms with Gasteiger partial charge in [0.25, 0.3) is 5.91 Å². The van der Waals surface area contributed by atoms with Crippen LogP contribution in [0.4, 0.5) is 0 Å². The molecular weight excluding hydrogens is 376 g/mol. The third-order valence-corrected chi connectivity index (χ3v) is 6.40. The first-order valence-electron chi connectivity index (χ1n) is 9.30. The van der Waals surface area contributed by atoms with Gasteiger partial charge in [0.1, 0.15) is 21.5 Å². The molecule has 0 aliphatic carbocycles. The molecule has 5 rings (SSSR count). The molecule has 2 aliphatic heterocycles. The normalized spacial score (nSPS) is 20.3. The summed E-state index contributed by atoms with van der Waals surface area (Å²) in [5, 5.41) is 17.8. The monoisotopic (exact) mass is 398 g/mol. The van der Waals surface area contributed by atoms with Crippen LogP contribution in [0.3, 0.4) is 0 Å². The number of aromatic nitrogens is 6. The van der Waals surface area contributed by atoms with Crippen LogP contribution in [-0.4, -0.2) is 53.4 Å². The zero-order chi connectivity index (χ0) is 19.5. The number of hydrogen-bond acceptors (Lipinski definition) is 7. The van der Waals surface area contributed by atoms with Gasteiger partial charge in [0.2, 0.25) is 0 Å². The molecule has 3 aromatic rings. The van der Waals surface area contributed by atoms with Crippen molar-refractivity contribution in [2.45, 2.75) is 38.4 Å². The van der Waals surface area contributed by atoms with Gasteiger partial charge in [-0.15, -0.1) is 21.5 Å². The summed E-state index contributed by atoms with van der Waals surface area (Å²) in [7, 11) is 1.79. The highest BCUT2D eigenvalue weighted by atomic mass is 32.1. The topological polar surface area (TPSA) is 93.8 Å². The molecule has 1 N–H and O–H groups in total. The lowest BCUT2D eigenvalue weighted by Gasteiger charge is -2.48. The van der Waals surface area contributed by atoms with Gasteiger partial charge in [-0.1, -0.05) is 0 Å². The Morgan fingerprint density at radius 3 is 2.86 bits per heavy atom. The molecular formula is C18H22N8OS. The van der Waals surface area contributed by atoms with Crippen LogP contribution in [0.25, 0.3) is 0 Å². The first-order chi connectivity index (χ1) is 13.4. The highest BCUT2D eigenvalue weighted by molar-refractivity contribution is 7.11. The zero-order valence-corrected chi connectivity index (χ0v) is 16.9. The summed E-state index contributed by atoms with van der Waals surface area (Å²) < 4.78 is 3.87. The van der Waals surface area contributed by atoms with Crippen molar-refractivity contribution in [3.8, 4) is 0 Å². The molecule has 10 heteroatoms. The van der Waals surface area contributed by atoms with Crippen molar-refractivity contribution < 1.29 is 4.79 Å². The van der Waals surface area contributed by atoms with E-state index < -0.39 is 0 Å². The van der Waals surface area contributed by atoms with Crippen molar-refractivity contribution in [1.82, 2.24) is 39.7 Å². The quantitative estimate of drug-likeness (QED) is 0.709. The Balaban J connectivity index is 1.30. The number of nitrogens with zero attached hydrogens (tertiary/aromatic N) is 7. The van der Waals surface area contributed by atoms with Gasteiger partial charge in [0, 0.05) is 39.0 Å². The van der Waals surface area contributed by atoms with E-state index in [-0.39, 0.29) is 17.5 Å². The Hall–Kier alpha value is -2.59. The van der Waals surface area contributed by atoms with Crippen molar-refractivity contribution in [3.05, 3.63) is 45.7 Å². The van der Waals surface area contributed by atoms with Crippen LogP contribution < -0.4 is 5.32 Å². The second-order valence-corrected chi connectivity index (χ2v) is 9.03. The van der Waals surface area contributed by atoms with Crippen molar-refractivity contribution in [3.63, 3.8) is 0 Å². The maximum Gasteiger partial charge on any atom is 0.270 e. The van der Waals surface area contributed by atoms with Crippen LogP contribution in [0.15, 0.2) is 18.5 Å². The number of fused-ring (bicyclic) bond motifs is 2. The van der Waals surface area contributed by atoms with E-state index in [0.29, 0.717) is 5.69 Å². The van der Waals surface area contributed by atoms with E-state index in [1.54, 1.807) is 23.1 Å². The number of likely N-dealkylation sites (tertiary alicyclic amines) is 1. The first-order valence-corrected chi connectivity index (χ1v) is 10.1. The largest absolute Gasteiger partial charge is 0.341 e. The summed E-state index contributed by atoms with van der Waals surface area (Å²) in [6.07, 6.45) is 4.70. The van der Waals surface area contributed by atoms with E-state index in [2.05, 4.69) is 35.1 Å². The van der Waals surface area contributed by atoms with Crippen LogP contribution in [0, 0.1) is 13.8 Å². The SMILES string of the molecule is Cc1cc(C(=O)NC2CC3(CN(Cc4nnc(C)s4)C3)n3ccnc32)n(C)n1. The summed E-state index contributed by atoms with van der Waals surface area (Å²) in [4.78, 5) is 19.7.